The summed E-state index contributed by atoms with van der Waals surface area (Å²) in [4.78, 5) is 2.47. The lowest BCUT2D eigenvalue weighted by Crippen LogP contribution is -2.59. The molecule has 3 unspecified atom stereocenters. The Kier molecular flexibility index (Phi) is 2.96. The Morgan fingerprint density at radius 2 is 1.65 bits per heavy atom. The highest BCUT2D eigenvalue weighted by atomic mass is 16.3. The number of nitrogens with zero attached hydrogens (tertiary/aromatic N) is 1. The van der Waals surface area contributed by atoms with Crippen LogP contribution in [0.25, 0.3) is 0 Å². The molecule has 3 heteroatoms. The molecule has 1 aliphatic carbocycles. The summed E-state index contributed by atoms with van der Waals surface area (Å²) in [5.41, 5.74) is 5.84. The lowest BCUT2D eigenvalue weighted by molar-refractivity contribution is -0.0734. The van der Waals surface area contributed by atoms with E-state index in [9.17, 15) is 5.11 Å². The van der Waals surface area contributed by atoms with Gasteiger partial charge < -0.3 is 15.7 Å². The first-order chi connectivity index (χ1) is 8.10. The highest BCUT2D eigenvalue weighted by Gasteiger charge is 2.50. The zero-order chi connectivity index (χ0) is 12.0. The zero-order valence-electron chi connectivity index (χ0n) is 10.9. The third-order valence-corrected chi connectivity index (χ3v) is 5.69. The van der Waals surface area contributed by atoms with E-state index >= 15 is 0 Å². The van der Waals surface area contributed by atoms with Gasteiger partial charge in [0, 0.05) is 18.1 Å². The topological polar surface area (TPSA) is 49.5 Å². The minimum absolute atomic E-state index is 0.0156. The molecule has 2 bridgehead atoms. The van der Waals surface area contributed by atoms with Crippen molar-refractivity contribution >= 4 is 0 Å². The van der Waals surface area contributed by atoms with Crippen LogP contribution in [-0.2, 0) is 0 Å². The largest absolute Gasteiger partial charge is 0.388 e. The molecule has 0 amide bonds. The number of rotatable bonds is 2. The summed E-state index contributed by atoms with van der Waals surface area (Å²) >= 11 is 0. The first-order valence-electron chi connectivity index (χ1n) is 7.30. The van der Waals surface area contributed by atoms with Gasteiger partial charge in [-0.15, -0.1) is 0 Å². The SMILES string of the molecule is CN1C2CCC1CC(O)(C(N)C1CCCC1)C2. The van der Waals surface area contributed by atoms with Crippen molar-refractivity contribution in [1.82, 2.24) is 4.90 Å². The summed E-state index contributed by atoms with van der Waals surface area (Å²) in [5.74, 6) is 0.572. The van der Waals surface area contributed by atoms with E-state index in [4.69, 9.17) is 5.73 Å². The fourth-order valence-electron chi connectivity index (χ4n) is 4.51. The number of nitrogens with two attached hydrogens (primary N) is 1. The molecule has 0 spiro atoms. The van der Waals surface area contributed by atoms with Crippen LogP contribution in [0.2, 0.25) is 0 Å². The Morgan fingerprint density at radius 1 is 1.12 bits per heavy atom. The van der Waals surface area contributed by atoms with Crippen molar-refractivity contribution in [1.29, 1.82) is 0 Å². The van der Waals surface area contributed by atoms with E-state index in [1.807, 2.05) is 0 Å². The van der Waals surface area contributed by atoms with E-state index in [-0.39, 0.29) is 6.04 Å². The monoisotopic (exact) mass is 238 g/mol. The maximum atomic E-state index is 10.9. The highest BCUT2D eigenvalue weighted by Crippen LogP contribution is 2.44. The Bertz CT molecular complexity index is 274. The molecule has 0 radical (unpaired) electrons. The maximum absolute atomic E-state index is 10.9. The van der Waals surface area contributed by atoms with Crippen molar-refractivity contribution in [2.75, 3.05) is 7.05 Å². The molecule has 3 atom stereocenters. The van der Waals surface area contributed by atoms with E-state index in [1.165, 1.54) is 38.5 Å². The Hall–Kier alpha value is -0.120. The Labute approximate surface area is 104 Å². The summed E-state index contributed by atoms with van der Waals surface area (Å²) in [6, 6.07) is 1.17. The Balaban J connectivity index is 1.73. The maximum Gasteiger partial charge on any atom is 0.0830 e. The fourth-order valence-corrected chi connectivity index (χ4v) is 4.51. The second-order valence-corrected chi connectivity index (χ2v) is 6.63. The van der Waals surface area contributed by atoms with Gasteiger partial charge in [-0.3, -0.25) is 0 Å². The number of fused-ring (bicyclic) bond motifs is 2. The van der Waals surface area contributed by atoms with Crippen molar-refractivity contribution in [3.05, 3.63) is 0 Å². The molecular formula is C14H26N2O. The molecule has 0 aromatic heterocycles. The third-order valence-electron chi connectivity index (χ3n) is 5.69. The normalized spacial score (nSPS) is 45.4. The van der Waals surface area contributed by atoms with Crippen LogP contribution >= 0.6 is 0 Å². The van der Waals surface area contributed by atoms with Crippen molar-refractivity contribution in [2.24, 2.45) is 11.7 Å². The highest BCUT2D eigenvalue weighted by molar-refractivity contribution is 5.06. The molecule has 3 fully saturated rings. The fraction of sp³-hybridized carbons (Fsp3) is 1.00. The number of hydrogen-bond acceptors (Lipinski definition) is 3. The molecule has 17 heavy (non-hydrogen) atoms. The van der Waals surface area contributed by atoms with Gasteiger partial charge in [0.25, 0.3) is 0 Å². The van der Waals surface area contributed by atoms with Gasteiger partial charge in [-0.05, 0) is 51.5 Å². The van der Waals surface area contributed by atoms with Gasteiger partial charge in [0.2, 0.25) is 0 Å². The molecule has 3 N–H and O–H groups in total. The molecule has 2 saturated heterocycles. The number of piperidine rings is 1. The van der Waals surface area contributed by atoms with E-state index in [2.05, 4.69) is 11.9 Å². The molecule has 2 heterocycles. The van der Waals surface area contributed by atoms with Gasteiger partial charge in [-0.25, -0.2) is 0 Å². The van der Waals surface area contributed by atoms with E-state index < -0.39 is 5.60 Å². The van der Waals surface area contributed by atoms with Crippen LogP contribution in [0.4, 0.5) is 0 Å². The van der Waals surface area contributed by atoms with Gasteiger partial charge in [0.15, 0.2) is 0 Å². The van der Waals surface area contributed by atoms with Crippen LogP contribution in [0.15, 0.2) is 0 Å². The van der Waals surface area contributed by atoms with Gasteiger partial charge in [0.1, 0.15) is 0 Å². The summed E-state index contributed by atoms with van der Waals surface area (Å²) in [6.45, 7) is 0. The van der Waals surface area contributed by atoms with Crippen LogP contribution in [0.1, 0.15) is 51.4 Å². The van der Waals surface area contributed by atoms with Crippen molar-refractivity contribution < 1.29 is 5.11 Å². The van der Waals surface area contributed by atoms with E-state index in [1.54, 1.807) is 0 Å². The molecule has 98 valence electrons. The summed E-state index contributed by atoms with van der Waals surface area (Å²) < 4.78 is 0. The van der Waals surface area contributed by atoms with Gasteiger partial charge in [-0.1, -0.05) is 12.8 Å². The second-order valence-electron chi connectivity index (χ2n) is 6.63. The first kappa shape index (κ1) is 11.9. The van der Waals surface area contributed by atoms with Crippen molar-refractivity contribution in [3.63, 3.8) is 0 Å². The quantitative estimate of drug-likeness (QED) is 0.766. The van der Waals surface area contributed by atoms with Crippen LogP contribution < -0.4 is 5.73 Å². The van der Waals surface area contributed by atoms with E-state index in [0.29, 0.717) is 18.0 Å². The predicted molar refractivity (Wildman–Crippen MR) is 68.7 cm³/mol. The number of hydrogen-bond donors (Lipinski definition) is 2. The van der Waals surface area contributed by atoms with E-state index in [0.717, 1.165) is 12.8 Å². The lowest BCUT2D eigenvalue weighted by Gasteiger charge is -2.46. The summed E-state index contributed by atoms with van der Waals surface area (Å²) in [5, 5.41) is 10.9. The number of aliphatic hydroxyl groups is 1. The van der Waals surface area contributed by atoms with Crippen molar-refractivity contribution in [2.45, 2.75) is 75.1 Å². The lowest BCUT2D eigenvalue weighted by atomic mass is 9.75. The van der Waals surface area contributed by atoms with Crippen LogP contribution in [0.5, 0.6) is 0 Å². The molecule has 2 aliphatic heterocycles. The third kappa shape index (κ3) is 1.92. The van der Waals surface area contributed by atoms with Crippen LogP contribution in [-0.4, -0.2) is 40.8 Å². The summed E-state index contributed by atoms with van der Waals surface area (Å²) in [6.07, 6.45) is 9.38. The van der Waals surface area contributed by atoms with Crippen molar-refractivity contribution in [3.8, 4) is 0 Å². The molecule has 3 aliphatic rings. The molecule has 0 aromatic carbocycles. The minimum Gasteiger partial charge on any atom is -0.388 e. The molecule has 3 rings (SSSR count). The molecular weight excluding hydrogens is 212 g/mol. The molecule has 1 saturated carbocycles. The standard InChI is InChI=1S/C14H26N2O/c1-16-11-6-7-12(16)9-14(17,8-11)13(15)10-4-2-3-5-10/h10-13,17H,2-9,15H2,1H3. The van der Waals surface area contributed by atoms with Crippen LogP contribution in [0.3, 0.4) is 0 Å². The smallest absolute Gasteiger partial charge is 0.0830 e. The summed E-state index contributed by atoms with van der Waals surface area (Å²) in [7, 11) is 2.21. The first-order valence-corrected chi connectivity index (χ1v) is 7.30. The molecule has 0 aromatic rings. The second kappa shape index (κ2) is 4.22. The zero-order valence-corrected chi connectivity index (χ0v) is 10.9. The average molecular weight is 238 g/mol. The van der Waals surface area contributed by atoms with Gasteiger partial charge in [-0.2, -0.15) is 0 Å². The predicted octanol–water partition coefficient (Wildman–Crippen LogP) is 1.49. The average Bonchev–Trinajstić information content (AvgIpc) is 2.88. The molecule has 3 nitrogen and oxygen atoms in total. The Morgan fingerprint density at radius 3 is 2.18 bits per heavy atom. The minimum atomic E-state index is -0.576. The van der Waals surface area contributed by atoms with Crippen LogP contribution in [0, 0.1) is 5.92 Å². The van der Waals surface area contributed by atoms with Gasteiger partial charge in [0.05, 0.1) is 5.60 Å². The van der Waals surface area contributed by atoms with Gasteiger partial charge >= 0.3 is 0 Å².